The molecule has 0 unspecified atom stereocenters. The zero-order valence-electron chi connectivity index (χ0n) is 15.4. The number of nitrogens with zero attached hydrogens (tertiary/aromatic N) is 4. The number of aromatic amines is 1. The summed E-state index contributed by atoms with van der Waals surface area (Å²) in [6.07, 6.45) is 1.89. The van der Waals surface area contributed by atoms with E-state index in [4.69, 9.17) is 0 Å². The summed E-state index contributed by atoms with van der Waals surface area (Å²) < 4.78 is 5.11. The van der Waals surface area contributed by atoms with Gasteiger partial charge in [-0.3, -0.25) is 23.3 Å². The van der Waals surface area contributed by atoms with Crippen LogP contribution in [-0.2, 0) is 7.05 Å². The lowest BCUT2D eigenvalue weighted by Crippen LogP contribution is -2.28. The number of benzene rings is 2. The van der Waals surface area contributed by atoms with Gasteiger partial charge in [0.05, 0.1) is 5.69 Å². The first-order valence-electron chi connectivity index (χ1n) is 8.90. The van der Waals surface area contributed by atoms with Crippen molar-refractivity contribution in [2.24, 2.45) is 7.05 Å². The SMILES string of the molecule is Cc1cccc(-n2c(-c3ccccc3)cn3c4c(=O)[nH]c(=O)n(C)c4nc23)c1. The molecule has 0 fully saturated rings. The Morgan fingerprint density at radius 3 is 2.54 bits per heavy atom. The lowest BCUT2D eigenvalue weighted by molar-refractivity contribution is 0.831. The molecule has 0 radical (unpaired) electrons. The fourth-order valence-electron chi connectivity index (χ4n) is 3.59. The van der Waals surface area contributed by atoms with Crippen molar-refractivity contribution in [3.8, 4) is 16.9 Å². The van der Waals surface area contributed by atoms with Gasteiger partial charge in [0.1, 0.15) is 0 Å². The van der Waals surface area contributed by atoms with Gasteiger partial charge in [0.25, 0.3) is 5.56 Å². The second-order valence-electron chi connectivity index (χ2n) is 6.83. The van der Waals surface area contributed by atoms with Crippen molar-refractivity contribution in [2.45, 2.75) is 6.92 Å². The van der Waals surface area contributed by atoms with Crippen LogP contribution in [0.1, 0.15) is 5.56 Å². The molecule has 0 spiro atoms. The molecule has 5 aromatic rings. The third-order valence-corrected chi connectivity index (χ3v) is 4.95. The summed E-state index contributed by atoms with van der Waals surface area (Å²) in [7, 11) is 1.60. The smallest absolute Gasteiger partial charge is 0.279 e. The predicted molar refractivity (Wildman–Crippen MR) is 108 cm³/mol. The van der Waals surface area contributed by atoms with Crippen molar-refractivity contribution in [1.82, 2.24) is 23.5 Å². The van der Waals surface area contributed by atoms with Crippen LogP contribution >= 0.6 is 0 Å². The molecule has 0 aliphatic carbocycles. The van der Waals surface area contributed by atoms with Crippen molar-refractivity contribution < 1.29 is 0 Å². The van der Waals surface area contributed by atoms with Crippen molar-refractivity contribution in [3.63, 3.8) is 0 Å². The lowest BCUT2D eigenvalue weighted by atomic mass is 10.1. The van der Waals surface area contributed by atoms with E-state index in [0.717, 1.165) is 22.5 Å². The monoisotopic (exact) mass is 371 g/mol. The van der Waals surface area contributed by atoms with E-state index in [1.54, 1.807) is 11.4 Å². The third kappa shape index (κ3) is 2.26. The molecule has 0 saturated heterocycles. The van der Waals surface area contributed by atoms with Gasteiger partial charge in [-0.2, -0.15) is 4.98 Å². The van der Waals surface area contributed by atoms with Crippen molar-refractivity contribution in [2.75, 3.05) is 0 Å². The van der Waals surface area contributed by atoms with Gasteiger partial charge < -0.3 is 0 Å². The number of aromatic nitrogens is 5. The van der Waals surface area contributed by atoms with Crippen molar-refractivity contribution in [1.29, 1.82) is 0 Å². The number of imidazole rings is 2. The van der Waals surface area contributed by atoms with Crippen LogP contribution in [0.5, 0.6) is 0 Å². The number of aryl methyl sites for hydroxylation is 2. The first kappa shape index (κ1) is 16.3. The van der Waals surface area contributed by atoms with Gasteiger partial charge in [-0.1, -0.05) is 42.5 Å². The Labute approximate surface area is 159 Å². The van der Waals surface area contributed by atoms with Crippen LogP contribution in [0.4, 0.5) is 0 Å². The van der Waals surface area contributed by atoms with E-state index >= 15 is 0 Å². The molecule has 0 atom stereocenters. The maximum atomic E-state index is 12.5. The summed E-state index contributed by atoms with van der Waals surface area (Å²) in [6.45, 7) is 2.03. The standard InChI is InChI=1S/C21H17N5O2/c1-13-7-6-10-15(11-13)26-16(14-8-4-3-5-9-14)12-25-17-18(22-20(25)26)24(2)21(28)23-19(17)27/h3-12H,1-2H3,(H,23,27,28). The molecule has 0 aliphatic heterocycles. The van der Waals surface area contributed by atoms with E-state index in [1.807, 2.05) is 66.2 Å². The van der Waals surface area contributed by atoms with Crippen LogP contribution in [0.2, 0.25) is 0 Å². The highest BCUT2D eigenvalue weighted by Crippen LogP contribution is 2.28. The van der Waals surface area contributed by atoms with E-state index in [-0.39, 0.29) is 0 Å². The minimum Gasteiger partial charge on any atom is -0.279 e. The highest BCUT2D eigenvalue weighted by Gasteiger charge is 2.20. The molecule has 3 heterocycles. The van der Waals surface area contributed by atoms with E-state index in [2.05, 4.69) is 16.0 Å². The van der Waals surface area contributed by atoms with Crippen LogP contribution in [-0.4, -0.2) is 23.5 Å². The number of hydrogen-bond donors (Lipinski definition) is 1. The average molecular weight is 371 g/mol. The van der Waals surface area contributed by atoms with Crippen LogP contribution in [0.3, 0.4) is 0 Å². The Morgan fingerprint density at radius 2 is 1.79 bits per heavy atom. The Hall–Kier alpha value is -3.87. The van der Waals surface area contributed by atoms with Crippen LogP contribution in [0.15, 0.2) is 70.4 Å². The average Bonchev–Trinajstić information content (AvgIpc) is 3.23. The second kappa shape index (κ2) is 5.82. The maximum absolute atomic E-state index is 12.5. The quantitative estimate of drug-likeness (QED) is 0.518. The van der Waals surface area contributed by atoms with E-state index < -0.39 is 11.2 Å². The first-order valence-corrected chi connectivity index (χ1v) is 8.90. The molecule has 0 bridgehead atoms. The van der Waals surface area contributed by atoms with Gasteiger partial charge in [-0.25, -0.2) is 4.79 Å². The predicted octanol–water partition coefficient (Wildman–Crippen LogP) is 2.64. The molecule has 0 amide bonds. The fourth-order valence-corrected chi connectivity index (χ4v) is 3.59. The Morgan fingerprint density at radius 1 is 1.00 bits per heavy atom. The lowest BCUT2D eigenvalue weighted by Gasteiger charge is -2.09. The minimum absolute atomic E-state index is 0.348. The first-order chi connectivity index (χ1) is 13.5. The summed E-state index contributed by atoms with van der Waals surface area (Å²) in [5, 5.41) is 0. The second-order valence-corrected chi connectivity index (χ2v) is 6.83. The summed E-state index contributed by atoms with van der Waals surface area (Å²) >= 11 is 0. The van der Waals surface area contributed by atoms with Gasteiger partial charge in [0.15, 0.2) is 11.2 Å². The molecule has 138 valence electrons. The number of hydrogen-bond acceptors (Lipinski definition) is 3. The normalized spacial score (nSPS) is 11.5. The molecule has 0 saturated carbocycles. The highest BCUT2D eigenvalue weighted by molar-refractivity contribution is 5.79. The van der Waals surface area contributed by atoms with Gasteiger partial charge >= 0.3 is 5.69 Å². The highest BCUT2D eigenvalue weighted by atomic mass is 16.2. The Bertz CT molecular complexity index is 1470. The summed E-state index contributed by atoms with van der Waals surface area (Å²) in [4.78, 5) is 31.5. The molecule has 5 rings (SSSR count). The molecular weight excluding hydrogens is 354 g/mol. The van der Waals surface area contributed by atoms with E-state index in [1.165, 1.54) is 4.57 Å². The topological polar surface area (TPSA) is 77.1 Å². The van der Waals surface area contributed by atoms with Gasteiger partial charge in [0.2, 0.25) is 5.78 Å². The molecule has 7 heteroatoms. The maximum Gasteiger partial charge on any atom is 0.329 e. The van der Waals surface area contributed by atoms with Crippen molar-refractivity contribution in [3.05, 3.63) is 87.2 Å². The number of H-pyrrole nitrogens is 1. The van der Waals surface area contributed by atoms with Gasteiger partial charge in [0, 0.05) is 24.5 Å². The molecular formula is C21H17N5O2. The molecule has 0 aliphatic rings. The summed E-state index contributed by atoms with van der Waals surface area (Å²) in [5.41, 5.74) is 3.73. The molecule has 2 aromatic carbocycles. The molecule has 3 aromatic heterocycles. The zero-order valence-corrected chi connectivity index (χ0v) is 15.4. The summed E-state index contributed by atoms with van der Waals surface area (Å²) in [5.74, 6) is 0.575. The molecule has 7 nitrogen and oxygen atoms in total. The van der Waals surface area contributed by atoms with E-state index in [9.17, 15) is 9.59 Å². The largest absolute Gasteiger partial charge is 0.329 e. The van der Waals surface area contributed by atoms with Crippen LogP contribution < -0.4 is 11.2 Å². The zero-order chi connectivity index (χ0) is 19.4. The molecule has 28 heavy (non-hydrogen) atoms. The number of rotatable bonds is 2. The fraction of sp³-hybridized carbons (Fsp3) is 0.0952. The van der Waals surface area contributed by atoms with E-state index in [0.29, 0.717) is 16.9 Å². The number of fused-ring (bicyclic) bond motifs is 3. The minimum atomic E-state index is -0.483. The van der Waals surface area contributed by atoms with Crippen LogP contribution in [0.25, 0.3) is 33.9 Å². The Balaban J connectivity index is 1.98. The van der Waals surface area contributed by atoms with Gasteiger partial charge in [-0.05, 0) is 24.6 Å². The van der Waals surface area contributed by atoms with Gasteiger partial charge in [-0.15, -0.1) is 0 Å². The number of nitrogens with one attached hydrogen (secondary N) is 1. The van der Waals surface area contributed by atoms with Crippen molar-refractivity contribution >= 4 is 16.9 Å². The Kier molecular flexibility index (Phi) is 3.39. The third-order valence-electron chi connectivity index (χ3n) is 4.95. The summed E-state index contributed by atoms with van der Waals surface area (Å²) in [6, 6.07) is 18.0. The molecule has 1 N–H and O–H groups in total. The van der Waals surface area contributed by atoms with Crippen LogP contribution in [0, 0.1) is 6.92 Å².